The average molecular weight is 236 g/mol. The Labute approximate surface area is 105 Å². The predicted octanol–water partition coefficient (Wildman–Crippen LogP) is 3.86. The molecular formula is C14H24N2O. The average Bonchev–Trinajstić information content (AvgIpc) is 2.36. The Hall–Kier alpha value is -1.25. The summed E-state index contributed by atoms with van der Waals surface area (Å²) in [5, 5.41) is 3.40. The SMILES string of the molecule is CCCCCCC(C)Nc1ccc(OC)cn1. The summed E-state index contributed by atoms with van der Waals surface area (Å²) < 4.78 is 5.08. The highest BCUT2D eigenvalue weighted by molar-refractivity contribution is 5.38. The van der Waals surface area contributed by atoms with Crippen molar-refractivity contribution < 1.29 is 4.74 Å². The lowest BCUT2D eigenvalue weighted by Crippen LogP contribution is -2.15. The third kappa shape index (κ3) is 5.57. The van der Waals surface area contributed by atoms with Crippen molar-refractivity contribution >= 4 is 5.82 Å². The molecule has 3 heteroatoms. The molecule has 1 aromatic heterocycles. The number of nitrogens with zero attached hydrogens (tertiary/aromatic N) is 1. The first kappa shape index (κ1) is 13.8. The fraction of sp³-hybridized carbons (Fsp3) is 0.643. The minimum atomic E-state index is 0.479. The van der Waals surface area contributed by atoms with E-state index in [0.29, 0.717) is 6.04 Å². The minimum absolute atomic E-state index is 0.479. The number of aromatic nitrogens is 1. The molecule has 0 aromatic carbocycles. The van der Waals surface area contributed by atoms with Crippen LogP contribution in [0.3, 0.4) is 0 Å². The lowest BCUT2D eigenvalue weighted by molar-refractivity contribution is 0.413. The summed E-state index contributed by atoms with van der Waals surface area (Å²) in [6, 6.07) is 4.37. The van der Waals surface area contributed by atoms with Gasteiger partial charge in [-0.3, -0.25) is 0 Å². The number of nitrogens with one attached hydrogen (secondary N) is 1. The summed E-state index contributed by atoms with van der Waals surface area (Å²) in [6.07, 6.45) is 8.20. The van der Waals surface area contributed by atoms with Gasteiger partial charge in [0.1, 0.15) is 11.6 Å². The van der Waals surface area contributed by atoms with E-state index in [1.807, 2.05) is 12.1 Å². The van der Waals surface area contributed by atoms with Crippen LogP contribution in [0, 0.1) is 0 Å². The summed E-state index contributed by atoms with van der Waals surface area (Å²) >= 11 is 0. The van der Waals surface area contributed by atoms with Crippen LogP contribution in [0.25, 0.3) is 0 Å². The van der Waals surface area contributed by atoms with Gasteiger partial charge in [0.25, 0.3) is 0 Å². The second-order valence-corrected chi connectivity index (χ2v) is 4.48. The Morgan fingerprint density at radius 1 is 1.29 bits per heavy atom. The molecule has 1 atom stereocenters. The van der Waals surface area contributed by atoms with Gasteiger partial charge in [-0.1, -0.05) is 32.6 Å². The maximum Gasteiger partial charge on any atom is 0.137 e. The molecule has 0 radical (unpaired) electrons. The van der Waals surface area contributed by atoms with E-state index >= 15 is 0 Å². The van der Waals surface area contributed by atoms with E-state index in [9.17, 15) is 0 Å². The van der Waals surface area contributed by atoms with Crippen molar-refractivity contribution in [3.8, 4) is 5.75 Å². The van der Waals surface area contributed by atoms with Crippen molar-refractivity contribution in [3.63, 3.8) is 0 Å². The smallest absolute Gasteiger partial charge is 0.137 e. The van der Waals surface area contributed by atoms with Gasteiger partial charge >= 0.3 is 0 Å². The number of pyridine rings is 1. The quantitative estimate of drug-likeness (QED) is 0.696. The zero-order valence-corrected chi connectivity index (χ0v) is 11.2. The van der Waals surface area contributed by atoms with Gasteiger partial charge in [-0.05, 0) is 25.5 Å². The van der Waals surface area contributed by atoms with Crippen LogP contribution >= 0.6 is 0 Å². The number of hydrogen-bond acceptors (Lipinski definition) is 3. The standard InChI is InChI=1S/C14H24N2O/c1-4-5-6-7-8-12(2)16-14-10-9-13(17-3)11-15-14/h9-12H,4-8H2,1-3H3,(H,15,16). The Morgan fingerprint density at radius 3 is 2.71 bits per heavy atom. The summed E-state index contributed by atoms with van der Waals surface area (Å²) in [5.74, 6) is 1.72. The molecule has 3 nitrogen and oxygen atoms in total. The first-order valence-electron chi connectivity index (χ1n) is 6.52. The van der Waals surface area contributed by atoms with Gasteiger partial charge < -0.3 is 10.1 Å². The molecule has 0 amide bonds. The molecule has 0 aliphatic rings. The summed E-state index contributed by atoms with van der Waals surface area (Å²) in [7, 11) is 1.65. The largest absolute Gasteiger partial charge is 0.495 e. The Kier molecular flexibility index (Phi) is 6.45. The van der Waals surface area contributed by atoms with Crippen molar-refractivity contribution in [2.75, 3.05) is 12.4 Å². The third-order valence-corrected chi connectivity index (χ3v) is 2.86. The number of anilines is 1. The highest BCUT2D eigenvalue weighted by atomic mass is 16.5. The van der Waals surface area contributed by atoms with Crippen LogP contribution < -0.4 is 10.1 Å². The zero-order chi connectivity index (χ0) is 12.5. The van der Waals surface area contributed by atoms with Crippen LogP contribution in [0.5, 0.6) is 5.75 Å². The lowest BCUT2D eigenvalue weighted by atomic mass is 10.1. The van der Waals surface area contributed by atoms with E-state index < -0.39 is 0 Å². The minimum Gasteiger partial charge on any atom is -0.495 e. The molecule has 1 N–H and O–H groups in total. The highest BCUT2D eigenvalue weighted by Crippen LogP contribution is 2.14. The van der Waals surface area contributed by atoms with Crippen LogP contribution in [-0.2, 0) is 0 Å². The third-order valence-electron chi connectivity index (χ3n) is 2.86. The molecule has 1 unspecified atom stereocenters. The van der Waals surface area contributed by atoms with Crippen LogP contribution in [0.1, 0.15) is 46.0 Å². The topological polar surface area (TPSA) is 34.1 Å². The van der Waals surface area contributed by atoms with Crippen molar-refractivity contribution in [2.24, 2.45) is 0 Å². The molecular weight excluding hydrogens is 212 g/mol. The van der Waals surface area contributed by atoms with Gasteiger partial charge in [0.05, 0.1) is 13.3 Å². The summed E-state index contributed by atoms with van der Waals surface area (Å²) in [5.41, 5.74) is 0. The van der Waals surface area contributed by atoms with E-state index in [4.69, 9.17) is 4.74 Å². The molecule has 0 saturated carbocycles. The molecule has 0 aliphatic carbocycles. The second kappa shape index (κ2) is 7.93. The first-order valence-corrected chi connectivity index (χ1v) is 6.52. The van der Waals surface area contributed by atoms with Crippen molar-refractivity contribution in [1.29, 1.82) is 0 Å². The summed E-state index contributed by atoms with van der Waals surface area (Å²) in [6.45, 7) is 4.45. The first-order chi connectivity index (χ1) is 8.26. The van der Waals surface area contributed by atoms with Gasteiger partial charge in [-0.2, -0.15) is 0 Å². The molecule has 0 aliphatic heterocycles. The van der Waals surface area contributed by atoms with Crippen molar-refractivity contribution in [2.45, 2.75) is 52.0 Å². The second-order valence-electron chi connectivity index (χ2n) is 4.48. The monoisotopic (exact) mass is 236 g/mol. The molecule has 1 aromatic rings. The van der Waals surface area contributed by atoms with Crippen molar-refractivity contribution in [3.05, 3.63) is 18.3 Å². The fourth-order valence-electron chi connectivity index (χ4n) is 1.79. The fourth-order valence-corrected chi connectivity index (χ4v) is 1.79. The molecule has 0 bridgehead atoms. The van der Waals surface area contributed by atoms with Gasteiger partial charge in [-0.25, -0.2) is 4.98 Å². The van der Waals surface area contributed by atoms with E-state index in [1.54, 1.807) is 13.3 Å². The van der Waals surface area contributed by atoms with Gasteiger partial charge in [0.2, 0.25) is 0 Å². The molecule has 0 fully saturated rings. The molecule has 1 heterocycles. The molecule has 0 spiro atoms. The van der Waals surface area contributed by atoms with E-state index in [1.165, 1.54) is 32.1 Å². The number of methoxy groups -OCH3 is 1. The highest BCUT2D eigenvalue weighted by Gasteiger charge is 2.02. The number of ether oxygens (including phenoxy) is 1. The van der Waals surface area contributed by atoms with E-state index in [2.05, 4.69) is 24.1 Å². The maximum absolute atomic E-state index is 5.08. The normalized spacial score (nSPS) is 12.2. The molecule has 0 saturated heterocycles. The van der Waals surface area contributed by atoms with Crippen LogP contribution in [0.15, 0.2) is 18.3 Å². The Bertz CT molecular complexity index is 298. The predicted molar refractivity (Wildman–Crippen MR) is 72.6 cm³/mol. The number of rotatable bonds is 8. The van der Waals surface area contributed by atoms with Gasteiger partial charge in [-0.15, -0.1) is 0 Å². The van der Waals surface area contributed by atoms with Crippen LogP contribution in [0.2, 0.25) is 0 Å². The molecule has 96 valence electrons. The van der Waals surface area contributed by atoms with Crippen molar-refractivity contribution in [1.82, 2.24) is 4.98 Å². The van der Waals surface area contributed by atoms with Crippen LogP contribution in [0.4, 0.5) is 5.82 Å². The van der Waals surface area contributed by atoms with E-state index in [0.717, 1.165) is 11.6 Å². The zero-order valence-electron chi connectivity index (χ0n) is 11.2. The Morgan fingerprint density at radius 2 is 2.12 bits per heavy atom. The van der Waals surface area contributed by atoms with Gasteiger partial charge in [0, 0.05) is 6.04 Å². The van der Waals surface area contributed by atoms with Crippen LogP contribution in [-0.4, -0.2) is 18.1 Å². The molecule has 1 rings (SSSR count). The van der Waals surface area contributed by atoms with E-state index in [-0.39, 0.29) is 0 Å². The number of hydrogen-bond donors (Lipinski definition) is 1. The Balaban J connectivity index is 2.26. The van der Waals surface area contributed by atoms with Gasteiger partial charge in [0.15, 0.2) is 0 Å². The summed E-state index contributed by atoms with van der Waals surface area (Å²) in [4.78, 5) is 4.30. The molecule has 17 heavy (non-hydrogen) atoms. The lowest BCUT2D eigenvalue weighted by Gasteiger charge is -2.14. The number of unbranched alkanes of at least 4 members (excludes halogenated alkanes) is 3. The maximum atomic E-state index is 5.08.